The molecule has 1 amide bonds. The van der Waals surface area contributed by atoms with E-state index in [-0.39, 0.29) is 29.9 Å². The molecular formula is C26H38IN5O. The molecule has 7 heteroatoms. The summed E-state index contributed by atoms with van der Waals surface area (Å²) in [5.41, 5.74) is 3.13. The number of guanidine groups is 1. The molecule has 2 aromatic carbocycles. The average molecular weight is 564 g/mol. The molecule has 1 saturated heterocycles. The smallest absolute Gasteiger partial charge is 0.251 e. The van der Waals surface area contributed by atoms with E-state index in [1.807, 2.05) is 38.4 Å². The molecule has 0 bridgehead atoms. The third-order valence-electron chi connectivity index (χ3n) is 5.73. The Balaban J connectivity index is 0.00000385. The summed E-state index contributed by atoms with van der Waals surface area (Å²) in [5.74, 6) is 1.58. The van der Waals surface area contributed by atoms with Gasteiger partial charge in [-0.05, 0) is 63.0 Å². The number of hydrogen-bond donors (Lipinski definition) is 2. The highest BCUT2D eigenvalue weighted by Crippen LogP contribution is 2.21. The molecule has 0 aromatic heterocycles. The molecule has 1 heterocycles. The molecule has 1 unspecified atom stereocenters. The minimum absolute atomic E-state index is 0. The van der Waals surface area contributed by atoms with Gasteiger partial charge in [0, 0.05) is 38.3 Å². The highest BCUT2D eigenvalue weighted by atomic mass is 127. The average Bonchev–Trinajstić information content (AvgIpc) is 3.25. The van der Waals surface area contributed by atoms with E-state index in [0.717, 1.165) is 44.1 Å². The number of nitrogens with zero attached hydrogens (tertiary/aromatic N) is 3. The normalized spacial score (nSPS) is 15.9. The fourth-order valence-electron chi connectivity index (χ4n) is 4.04. The van der Waals surface area contributed by atoms with Crippen molar-refractivity contribution in [1.29, 1.82) is 0 Å². The molecule has 1 fully saturated rings. The lowest BCUT2D eigenvalue weighted by Crippen LogP contribution is -2.40. The van der Waals surface area contributed by atoms with E-state index < -0.39 is 0 Å². The van der Waals surface area contributed by atoms with Crippen molar-refractivity contribution < 1.29 is 4.79 Å². The van der Waals surface area contributed by atoms with Crippen molar-refractivity contribution >= 4 is 35.8 Å². The number of likely N-dealkylation sites (N-methyl/N-ethyl adjacent to an activating group) is 1. The van der Waals surface area contributed by atoms with Gasteiger partial charge in [0.2, 0.25) is 0 Å². The van der Waals surface area contributed by atoms with Gasteiger partial charge in [-0.2, -0.15) is 0 Å². The predicted molar refractivity (Wildman–Crippen MR) is 147 cm³/mol. The van der Waals surface area contributed by atoms with Crippen molar-refractivity contribution in [2.24, 2.45) is 10.9 Å². The van der Waals surface area contributed by atoms with Crippen molar-refractivity contribution in [3.8, 4) is 0 Å². The van der Waals surface area contributed by atoms with Crippen molar-refractivity contribution in [1.82, 2.24) is 20.4 Å². The third kappa shape index (κ3) is 8.97. The lowest BCUT2D eigenvalue weighted by atomic mass is 9.99. The Morgan fingerprint density at radius 1 is 1.09 bits per heavy atom. The van der Waals surface area contributed by atoms with Gasteiger partial charge in [-0.1, -0.05) is 42.5 Å². The van der Waals surface area contributed by atoms with E-state index >= 15 is 0 Å². The van der Waals surface area contributed by atoms with Crippen LogP contribution in [0.3, 0.4) is 0 Å². The summed E-state index contributed by atoms with van der Waals surface area (Å²) in [7, 11) is 3.99. The molecule has 0 saturated carbocycles. The first-order valence-corrected chi connectivity index (χ1v) is 11.6. The molecule has 33 heavy (non-hydrogen) atoms. The van der Waals surface area contributed by atoms with Gasteiger partial charge in [0.05, 0.1) is 6.54 Å². The number of halogens is 1. The van der Waals surface area contributed by atoms with Crippen molar-refractivity contribution in [2.75, 3.05) is 46.8 Å². The van der Waals surface area contributed by atoms with E-state index in [4.69, 9.17) is 4.99 Å². The number of carbonyl (C=O) groups is 1. The summed E-state index contributed by atoms with van der Waals surface area (Å²) >= 11 is 0. The van der Waals surface area contributed by atoms with E-state index in [1.54, 1.807) is 0 Å². The SMILES string of the molecule is CCNC(=NCc1cccc(C(=O)NCCN(C)C)c1)N1CCC(Cc2ccccc2)C1.I. The predicted octanol–water partition coefficient (Wildman–Crippen LogP) is 3.63. The fourth-order valence-corrected chi connectivity index (χ4v) is 4.04. The van der Waals surface area contributed by atoms with Gasteiger partial charge < -0.3 is 20.4 Å². The minimum atomic E-state index is -0.0344. The summed E-state index contributed by atoms with van der Waals surface area (Å²) in [5, 5.41) is 6.42. The van der Waals surface area contributed by atoms with Crippen LogP contribution < -0.4 is 10.6 Å². The molecule has 1 aliphatic rings. The molecule has 0 aliphatic carbocycles. The van der Waals surface area contributed by atoms with Crippen LogP contribution in [0.5, 0.6) is 0 Å². The van der Waals surface area contributed by atoms with Crippen LogP contribution in [0.25, 0.3) is 0 Å². The fraction of sp³-hybridized carbons (Fsp3) is 0.462. The molecule has 2 aromatic rings. The Hall–Kier alpha value is -2.13. The molecule has 2 N–H and O–H groups in total. The number of aliphatic imine (C=N–C) groups is 1. The minimum Gasteiger partial charge on any atom is -0.357 e. The number of carbonyl (C=O) groups excluding carboxylic acids is 1. The van der Waals surface area contributed by atoms with Gasteiger partial charge >= 0.3 is 0 Å². The number of benzene rings is 2. The summed E-state index contributed by atoms with van der Waals surface area (Å²) in [6.07, 6.45) is 2.30. The number of nitrogens with one attached hydrogen (secondary N) is 2. The van der Waals surface area contributed by atoms with E-state index in [2.05, 4.69) is 57.7 Å². The second kappa shape index (κ2) is 14.2. The van der Waals surface area contributed by atoms with Crippen LogP contribution in [0.4, 0.5) is 0 Å². The summed E-state index contributed by atoms with van der Waals surface area (Å²) in [6.45, 7) is 7.01. The van der Waals surface area contributed by atoms with Gasteiger partial charge in [-0.3, -0.25) is 4.79 Å². The highest BCUT2D eigenvalue weighted by Gasteiger charge is 2.25. The van der Waals surface area contributed by atoms with Gasteiger partial charge in [-0.25, -0.2) is 4.99 Å². The first-order chi connectivity index (χ1) is 15.5. The quantitative estimate of drug-likeness (QED) is 0.278. The maximum Gasteiger partial charge on any atom is 0.251 e. The van der Waals surface area contributed by atoms with Crippen molar-refractivity contribution in [3.05, 3.63) is 71.3 Å². The zero-order valence-corrected chi connectivity index (χ0v) is 22.4. The first-order valence-electron chi connectivity index (χ1n) is 11.6. The van der Waals surface area contributed by atoms with Crippen LogP contribution in [0, 0.1) is 5.92 Å². The molecule has 1 aliphatic heterocycles. The van der Waals surface area contributed by atoms with Crippen LogP contribution in [0.15, 0.2) is 59.6 Å². The van der Waals surface area contributed by atoms with Crippen LogP contribution in [0.1, 0.15) is 34.8 Å². The zero-order valence-electron chi connectivity index (χ0n) is 20.1. The maximum absolute atomic E-state index is 12.4. The Kier molecular flexibility index (Phi) is 11.7. The van der Waals surface area contributed by atoms with Gasteiger partial charge in [0.1, 0.15) is 0 Å². The largest absolute Gasteiger partial charge is 0.357 e. The molecule has 3 rings (SSSR count). The van der Waals surface area contributed by atoms with E-state index in [1.165, 1.54) is 12.0 Å². The topological polar surface area (TPSA) is 60.0 Å². The van der Waals surface area contributed by atoms with Gasteiger partial charge in [-0.15, -0.1) is 24.0 Å². The lowest BCUT2D eigenvalue weighted by Gasteiger charge is -2.22. The summed E-state index contributed by atoms with van der Waals surface area (Å²) in [6, 6.07) is 18.5. The van der Waals surface area contributed by atoms with Crippen LogP contribution >= 0.6 is 24.0 Å². The molecule has 180 valence electrons. The molecule has 0 radical (unpaired) electrons. The molecule has 1 atom stereocenters. The number of hydrogen-bond acceptors (Lipinski definition) is 3. The van der Waals surface area contributed by atoms with E-state index in [0.29, 0.717) is 24.6 Å². The summed E-state index contributed by atoms with van der Waals surface area (Å²) in [4.78, 5) is 21.7. The standard InChI is InChI=1S/C26H37N5O.HI/c1-4-27-26(31-15-13-23(20-31)17-21-9-6-5-7-10-21)29-19-22-11-8-12-24(18-22)25(32)28-14-16-30(2)3;/h5-12,18,23H,4,13-17,19-20H2,1-3H3,(H,27,29)(H,28,32);1H. The van der Waals surface area contributed by atoms with Crippen molar-refractivity contribution in [3.63, 3.8) is 0 Å². The monoisotopic (exact) mass is 563 g/mol. The molecule has 6 nitrogen and oxygen atoms in total. The first kappa shape index (κ1) is 27.1. The Labute approximate surface area is 215 Å². The summed E-state index contributed by atoms with van der Waals surface area (Å²) < 4.78 is 0. The Bertz CT molecular complexity index is 887. The van der Waals surface area contributed by atoms with Gasteiger partial charge in [0.25, 0.3) is 5.91 Å². The van der Waals surface area contributed by atoms with Crippen LogP contribution in [-0.2, 0) is 13.0 Å². The molecule has 0 spiro atoms. The van der Waals surface area contributed by atoms with Gasteiger partial charge in [0.15, 0.2) is 5.96 Å². The van der Waals surface area contributed by atoms with E-state index in [9.17, 15) is 4.79 Å². The van der Waals surface area contributed by atoms with Crippen molar-refractivity contribution in [2.45, 2.75) is 26.3 Å². The number of rotatable bonds is 9. The zero-order chi connectivity index (χ0) is 22.8. The van der Waals surface area contributed by atoms with Crippen LogP contribution in [-0.4, -0.2) is 68.5 Å². The number of amides is 1. The Morgan fingerprint density at radius 3 is 2.58 bits per heavy atom. The second-order valence-electron chi connectivity index (χ2n) is 8.72. The maximum atomic E-state index is 12.4. The third-order valence-corrected chi connectivity index (χ3v) is 5.73. The number of likely N-dealkylation sites (tertiary alicyclic amines) is 1. The molecular weight excluding hydrogens is 525 g/mol. The lowest BCUT2D eigenvalue weighted by molar-refractivity contribution is 0.0951. The van der Waals surface area contributed by atoms with Crippen LogP contribution in [0.2, 0.25) is 0 Å². The highest BCUT2D eigenvalue weighted by molar-refractivity contribution is 14.0. The second-order valence-corrected chi connectivity index (χ2v) is 8.72. The Morgan fingerprint density at radius 2 is 1.85 bits per heavy atom.